The molecule has 1 aromatic carbocycles. The molecule has 2 aliphatic rings. The first kappa shape index (κ1) is 10.3. The van der Waals surface area contributed by atoms with E-state index < -0.39 is 6.29 Å². The van der Waals surface area contributed by atoms with Crippen LogP contribution in [0.25, 0.3) is 0 Å². The molecule has 0 aliphatic carbocycles. The van der Waals surface area contributed by atoms with Gasteiger partial charge in [0, 0.05) is 11.0 Å². The van der Waals surface area contributed by atoms with Crippen LogP contribution in [0.15, 0.2) is 24.3 Å². The Hall–Kier alpha value is -0.900. The molecule has 0 amide bonds. The van der Waals surface area contributed by atoms with E-state index in [-0.39, 0.29) is 5.41 Å². The smallest absolute Gasteiger partial charge is 0.181 e. The van der Waals surface area contributed by atoms with Gasteiger partial charge in [-0.15, -0.1) is 0 Å². The van der Waals surface area contributed by atoms with Crippen LogP contribution in [0.1, 0.15) is 30.3 Å². The van der Waals surface area contributed by atoms with E-state index >= 15 is 0 Å². The van der Waals surface area contributed by atoms with Gasteiger partial charge in [-0.3, -0.25) is 0 Å². The molecule has 16 heavy (non-hydrogen) atoms. The lowest BCUT2D eigenvalue weighted by Crippen LogP contribution is -2.46. The lowest BCUT2D eigenvalue weighted by molar-refractivity contribution is -0.134. The molecule has 0 aromatic heterocycles. The molecule has 2 N–H and O–H groups in total. The van der Waals surface area contributed by atoms with E-state index in [4.69, 9.17) is 4.74 Å². The summed E-state index contributed by atoms with van der Waals surface area (Å²) in [5.41, 5.74) is 2.37. The van der Waals surface area contributed by atoms with Crippen LogP contribution < -0.4 is 5.32 Å². The van der Waals surface area contributed by atoms with E-state index in [0.717, 1.165) is 31.5 Å². The molecule has 0 radical (unpaired) electrons. The highest BCUT2D eigenvalue weighted by molar-refractivity contribution is 5.37. The zero-order valence-corrected chi connectivity index (χ0v) is 9.28. The highest BCUT2D eigenvalue weighted by Gasteiger charge is 2.40. The summed E-state index contributed by atoms with van der Waals surface area (Å²) >= 11 is 0. The second-order valence-electron chi connectivity index (χ2n) is 4.78. The largest absolute Gasteiger partial charge is 0.364 e. The molecule has 2 aliphatic heterocycles. The molecule has 3 rings (SSSR count). The van der Waals surface area contributed by atoms with E-state index in [1.165, 1.54) is 5.56 Å². The summed E-state index contributed by atoms with van der Waals surface area (Å²) in [5.74, 6) is 0. The monoisotopic (exact) mass is 219 g/mol. The number of aliphatic hydroxyl groups is 1. The van der Waals surface area contributed by atoms with Crippen LogP contribution in [0.5, 0.6) is 0 Å². The number of fused-ring (bicyclic) bond motifs is 2. The maximum absolute atomic E-state index is 9.84. The summed E-state index contributed by atoms with van der Waals surface area (Å²) in [6.07, 6.45) is 1.45. The molecule has 3 heteroatoms. The minimum absolute atomic E-state index is 0.126. The topological polar surface area (TPSA) is 41.5 Å². The Morgan fingerprint density at radius 1 is 1.25 bits per heavy atom. The molecular formula is C13H17NO2. The molecule has 1 atom stereocenters. The molecule has 1 spiro atoms. The second-order valence-corrected chi connectivity index (χ2v) is 4.78. The number of hydrogen-bond donors (Lipinski definition) is 2. The summed E-state index contributed by atoms with van der Waals surface area (Å²) in [4.78, 5) is 0. The zero-order chi connectivity index (χ0) is 11.0. The van der Waals surface area contributed by atoms with E-state index in [1.807, 2.05) is 12.1 Å². The van der Waals surface area contributed by atoms with Gasteiger partial charge in [0.05, 0.1) is 6.61 Å². The van der Waals surface area contributed by atoms with E-state index in [1.54, 1.807) is 0 Å². The number of piperidine rings is 1. The third kappa shape index (κ3) is 1.47. The maximum atomic E-state index is 9.84. The fraction of sp³-hybridized carbons (Fsp3) is 0.538. The Morgan fingerprint density at radius 3 is 2.81 bits per heavy atom. The molecule has 1 fully saturated rings. The van der Waals surface area contributed by atoms with Gasteiger partial charge in [-0.2, -0.15) is 0 Å². The zero-order valence-electron chi connectivity index (χ0n) is 9.28. The minimum Gasteiger partial charge on any atom is -0.364 e. The van der Waals surface area contributed by atoms with Gasteiger partial charge in [0.25, 0.3) is 0 Å². The Balaban J connectivity index is 2.06. The Bertz CT molecular complexity index is 385. The van der Waals surface area contributed by atoms with Crippen molar-refractivity contribution >= 4 is 0 Å². The van der Waals surface area contributed by atoms with Gasteiger partial charge >= 0.3 is 0 Å². The van der Waals surface area contributed by atoms with Crippen LogP contribution in [-0.2, 0) is 10.2 Å². The predicted octanol–water partition coefficient (Wildman–Crippen LogP) is 1.33. The van der Waals surface area contributed by atoms with Crippen molar-refractivity contribution in [2.24, 2.45) is 0 Å². The molecule has 86 valence electrons. The first-order chi connectivity index (χ1) is 7.82. The summed E-state index contributed by atoms with van der Waals surface area (Å²) in [6, 6.07) is 8.14. The van der Waals surface area contributed by atoms with Crippen molar-refractivity contribution < 1.29 is 9.84 Å². The van der Waals surface area contributed by atoms with Crippen LogP contribution in [0, 0.1) is 0 Å². The van der Waals surface area contributed by atoms with Crippen LogP contribution in [-0.4, -0.2) is 24.8 Å². The number of hydrogen-bond acceptors (Lipinski definition) is 3. The van der Waals surface area contributed by atoms with Crippen molar-refractivity contribution in [3.63, 3.8) is 0 Å². The average Bonchev–Trinajstić information content (AvgIpc) is 2.36. The van der Waals surface area contributed by atoms with Gasteiger partial charge in [-0.05, 0) is 31.5 Å². The van der Waals surface area contributed by atoms with Gasteiger partial charge in [-0.1, -0.05) is 24.3 Å². The van der Waals surface area contributed by atoms with Crippen molar-refractivity contribution in [2.45, 2.75) is 24.5 Å². The van der Waals surface area contributed by atoms with E-state index in [9.17, 15) is 5.11 Å². The Kier molecular flexibility index (Phi) is 2.46. The predicted molar refractivity (Wildman–Crippen MR) is 61.1 cm³/mol. The molecule has 1 saturated heterocycles. The molecule has 1 aromatic rings. The fourth-order valence-corrected chi connectivity index (χ4v) is 2.92. The average molecular weight is 219 g/mol. The van der Waals surface area contributed by atoms with Gasteiger partial charge in [-0.25, -0.2) is 0 Å². The first-order valence-corrected chi connectivity index (χ1v) is 5.92. The van der Waals surface area contributed by atoms with Crippen molar-refractivity contribution in [1.82, 2.24) is 5.32 Å². The Labute approximate surface area is 95.4 Å². The van der Waals surface area contributed by atoms with Crippen molar-refractivity contribution in [3.05, 3.63) is 35.4 Å². The number of nitrogens with one attached hydrogen (secondary N) is 1. The number of rotatable bonds is 0. The number of ether oxygens (including phenoxy) is 1. The third-order valence-electron chi connectivity index (χ3n) is 3.88. The van der Waals surface area contributed by atoms with Crippen LogP contribution >= 0.6 is 0 Å². The SMILES string of the molecule is OC1OCC2(CCNCC2)c2ccccc21. The third-order valence-corrected chi connectivity index (χ3v) is 3.88. The minimum atomic E-state index is -0.739. The second kappa shape index (κ2) is 3.84. The van der Waals surface area contributed by atoms with Crippen LogP contribution in [0.2, 0.25) is 0 Å². The summed E-state index contributed by atoms with van der Waals surface area (Å²) in [7, 11) is 0. The van der Waals surface area contributed by atoms with E-state index in [0.29, 0.717) is 6.61 Å². The van der Waals surface area contributed by atoms with Crippen molar-refractivity contribution in [3.8, 4) is 0 Å². The standard InChI is InChI=1S/C13H17NO2/c15-12-10-3-1-2-4-11(10)13(9-16-12)5-7-14-8-6-13/h1-4,12,14-15H,5-9H2. The maximum Gasteiger partial charge on any atom is 0.181 e. The van der Waals surface area contributed by atoms with E-state index in [2.05, 4.69) is 17.4 Å². The first-order valence-electron chi connectivity index (χ1n) is 5.92. The molecular weight excluding hydrogens is 202 g/mol. The summed E-state index contributed by atoms with van der Waals surface area (Å²) < 4.78 is 5.53. The summed E-state index contributed by atoms with van der Waals surface area (Å²) in [5, 5.41) is 13.2. The van der Waals surface area contributed by atoms with Gasteiger partial charge in [0.1, 0.15) is 0 Å². The van der Waals surface area contributed by atoms with Crippen LogP contribution in [0.3, 0.4) is 0 Å². The normalized spacial score (nSPS) is 27.7. The molecule has 3 nitrogen and oxygen atoms in total. The lowest BCUT2D eigenvalue weighted by Gasteiger charge is -2.43. The molecule has 0 bridgehead atoms. The van der Waals surface area contributed by atoms with Crippen molar-refractivity contribution in [1.29, 1.82) is 0 Å². The lowest BCUT2D eigenvalue weighted by atomic mass is 9.71. The molecule has 0 saturated carbocycles. The van der Waals surface area contributed by atoms with Crippen LogP contribution in [0.4, 0.5) is 0 Å². The highest BCUT2D eigenvalue weighted by atomic mass is 16.6. The molecule has 2 heterocycles. The van der Waals surface area contributed by atoms with Gasteiger partial charge in [0.2, 0.25) is 0 Å². The fourth-order valence-electron chi connectivity index (χ4n) is 2.92. The highest BCUT2D eigenvalue weighted by Crippen LogP contribution is 2.42. The quantitative estimate of drug-likeness (QED) is 0.691. The number of aliphatic hydroxyl groups excluding tert-OH is 1. The summed E-state index contributed by atoms with van der Waals surface area (Å²) in [6.45, 7) is 2.72. The Morgan fingerprint density at radius 2 is 2.00 bits per heavy atom. The molecule has 1 unspecified atom stereocenters. The van der Waals surface area contributed by atoms with Gasteiger partial charge < -0.3 is 15.2 Å². The van der Waals surface area contributed by atoms with Gasteiger partial charge in [0.15, 0.2) is 6.29 Å². The number of benzene rings is 1. The van der Waals surface area contributed by atoms with Crippen molar-refractivity contribution in [2.75, 3.05) is 19.7 Å².